The van der Waals surface area contributed by atoms with Crippen molar-refractivity contribution < 1.29 is 23.6 Å². The number of esters is 2. The second kappa shape index (κ2) is 7.53. The Morgan fingerprint density at radius 2 is 1.83 bits per heavy atom. The lowest BCUT2D eigenvalue weighted by Gasteiger charge is -2.06. The molecule has 0 radical (unpaired) electrons. The third kappa shape index (κ3) is 4.38. The molecule has 0 saturated carbocycles. The number of carbonyl (C=O) groups is 2. The van der Waals surface area contributed by atoms with Crippen molar-refractivity contribution in [2.24, 2.45) is 5.92 Å². The van der Waals surface area contributed by atoms with Crippen LogP contribution in [0.2, 0.25) is 0 Å². The van der Waals surface area contributed by atoms with Crippen molar-refractivity contribution in [2.75, 3.05) is 7.11 Å². The minimum atomic E-state index is -0.658. The van der Waals surface area contributed by atoms with E-state index in [-0.39, 0.29) is 23.6 Å². The van der Waals surface area contributed by atoms with Crippen LogP contribution < -0.4 is 0 Å². The summed E-state index contributed by atoms with van der Waals surface area (Å²) in [5, 5.41) is 3.81. The van der Waals surface area contributed by atoms with Crippen molar-refractivity contribution in [3.05, 3.63) is 47.1 Å². The number of aromatic nitrogens is 2. The molecule has 0 bridgehead atoms. The van der Waals surface area contributed by atoms with Gasteiger partial charge in [0.25, 0.3) is 5.89 Å². The fourth-order valence-corrected chi connectivity index (χ4v) is 1.95. The average molecular weight is 318 g/mol. The van der Waals surface area contributed by atoms with E-state index >= 15 is 0 Å². The van der Waals surface area contributed by atoms with Crippen molar-refractivity contribution in [2.45, 2.75) is 26.9 Å². The van der Waals surface area contributed by atoms with Crippen molar-refractivity contribution in [1.29, 1.82) is 0 Å². The van der Waals surface area contributed by atoms with E-state index in [1.165, 1.54) is 19.2 Å². The van der Waals surface area contributed by atoms with E-state index in [9.17, 15) is 9.59 Å². The molecule has 0 fully saturated rings. The smallest absolute Gasteiger partial charge is 0.339 e. The van der Waals surface area contributed by atoms with Crippen LogP contribution in [-0.2, 0) is 22.5 Å². The van der Waals surface area contributed by atoms with Crippen molar-refractivity contribution in [3.63, 3.8) is 0 Å². The fourth-order valence-electron chi connectivity index (χ4n) is 1.95. The van der Waals surface area contributed by atoms with E-state index in [1.54, 1.807) is 12.1 Å². The lowest BCUT2D eigenvalue weighted by Crippen LogP contribution is -2.13. The molecule has 1 aromatic carbocycles. The molecule has 0 aliphatic carbocycles. The van der Waals surface area contributed by atoms with Crippen LogP contribution in [0.5, 0.6) is 0 Å². The molecule has 2 rings (SSSR count). The Labute approximate surface area is 133 Å². The van der Waals surface area contributed by atoms with Gasteiger partial charge in [0.2, 0.25) is 0 Å². The molecule has 1 heterocycles. The van der Waals surface area contributed by atoms with E-state index in [4.69, 9.17) is 9.26 Å². The van der Waals surface area contributed by atoms with Gasteiger partial charge in [-0.1, -0.05) is 31.1 Å². The third-order valence-electron chi connectivity index (χ3n) is 2.98. The summed E-state index contributed by atoms with van der Waals surface area (Å²) in [6, 6.07) is 6.26. The molecule has 122 valence electrons. The molecule has 7 nitrogen and oxygen atoms in total. The highest BCUT2D eigenvalue weighted by Gasteiger charge is 2.19. The van der Waals surface area contributed by atoms with E-state index < -0.39 is 11.9 Å². The summed E-state index contributed by atoms with van der Waals surface area (Å²) in [6.45, 7) is 3.93. The largest absolute Gasteiger partial charge is 0.465 e. The Morgan fingerprint density at radius 3 is 2.43 bits per heavy atom. The van der Waals surface area contributed by atoms with Gasteiger partial charge in [-0.3, -0.25) is 0 Å². The molecule has 23 heavy (non-hydrogen) atoms. The third-order valence-corrected chi connectivity index (χ3v) is 2.98. The van der Waals surface area contributed by atoms with Crippen LogP contribution in [0, 0.1) is 5.92 Å². The zero-order valence-electron chi connectivity index (χ0n) is 13.2. The summed E-state index contributed by atoms with van der Waals surface area (Å²) in [4.78, 5) is 27.9. The van der Waals surface area contributed by atoms with E-state index in [1.807, 2.05) is 13.8 Å². The first-order chi connectivity index (χ1) is 11.0. The highest BCUT2D eigenvalue weighted by Crippen LogP contribution is 2.13. The highest BCUT2D eigenvalue weighted by molar-refractivity contribution is 6.03. The summed E-state index contributed by atoms with van der Waals surface area (Å²) >= 11 is 0. The summed E-state index contributed by atoms with van der Waals surface area (Å²) in [5.41, 5.74) is 0.271. The summed E-state index contributed by atoms with van der Waals surface area (Å²) in [5.74, 6) is -0.0790. The maximum atomic E-state index is 12.1. The lowest BCUT2D eigenvalue weighted by molar-refractivity contribution is 0.0418. The first-order valence-electron chi connectivity index (χ1n) is 7.17. The van der Waals surface area contributed by atoms with Crippen LogP contribution in [0.25, 0.3) is 0 Å². The van der Waals surface area contributed by atoms with Crippen LogP contribution in [0.4, 0.5) is 0 Å². The van der Waals surface area contributed by atoms with Crippen LogP contribution in [0.1, 0.15) is 46.3 Å². The molecule has 2 aromatic rings. The number of nitrogens with zero attached hydrogens (tertiary/aromatic N) is 2. The second-order valence-corrected chi connectivity index (χ2v) is 5.32. The summed E-state index contributed by atoms with van der Waals surface area (Å²) < 4.78 is 14.8. The van der Waals surface area contributed by atoms with Gasteiger partial charge in [0.05, 0.1) is 18.2 Å². The van der Waals surface area contributed by atoms with Gasteiger partial charge in [0.1, 0.15) is 0 Å². The van der Waals surface area contributed by atoms with Gasteiger partial charge >= 0.3 is 11.9 Å². The number of hydrogen-bond donors (Lipinski definition) is 0. The van der Waals surface area contributed by atoms with Gasteiger partial charge in [0.15, 0.2) is 12.4 Å². The number of rotatable bonds is 6. The molecule has 1 aromatic heterocycles. The number of carbonyl (C=O) groups excluding carboxylic acids is 2. The Kier molecular flexibility index (Phi) is 5.46. The van der Waals surface area contributed by atoms with Gasteiger partial charge in [-0.15, -0.1) is 0 Å². The Balaban J connectivity index is 2.03. The first kappa shape index (κ1) is 16.7. The van der Waals surface area contributed by atoms with Gasteiger partial charge in [-0.05, 0) is 18.1 Å². The topological polar surface area (TPSA) is 91.5 Å². The van der Waals surface area contributed by atoms with Crippen LogP contribution in [-0.4, -0.2) is 29.2 Å². The molecule has 0 aliphatic rings. The van der Waals surface area contributed by atoms with Gasteiger partial charge in [-0.2, -0.15) is 4.98 Å². The standard InChI is InChI=1S/C16H18N2O5/c1-10(2)8-13-17-14(23-18-13)9-22-16(20)12-7-5-4-6-11(12)15(19)21-3/h4-7,10H,8-9H2,1-3H3. The van der Waals surface area contributed by atoms with E-state index in [0.29, 0.717) is 18.2 Å². The monoisotopic (exact) mass is 318 g/mol. The average Bonchev–Trinajstić information content (AvgIpc) is 2.98. The highest BCUT2D eigenvalue weighted by atomic mass is 16.6. The molecule has 0 N–H and O–H groups in total. The fraction of sp³-hybridized carbons (Fsp3) is 0.375. The minimum absolute atomic E-state index is 0.126. The zero-order valence-corrected chi connectivity index (χ0v) is 13.2. The molecule has 0 spiro atoms. The van der Waals surface area contributed by atoms with Crippen molar-refractivity contribution >= 4 is 11.9 Å². The Bertz CT molecular complexity index is 693. The van der Waals surface area contributed by atoms with Crippen molar-refractivity contribution in [1.82, 2.24) is 10.1 Å². The summed E-state index contributed by atoms with van der Waals surface area (Å²) in [7, 11) is 1.25. The molecule has 0 unspecified atom stereocenters. The SMILES string of the molecule is COC(=O)c1ccccc1C(=O)OCc1nc(CC(C)C)no1. The molecule has 0 saturated heterocycles. The van der Waals surface area contributed by atoms with Crippen LogP contribution >= 0.6 is 0 Å². The van der Waals surface area contributed by atoms with Crippen LogP contribution in [0.15, 0.2) is 28.8 Å². The number of ether oxygens (including phenoxy) is 2. The van der Waals surface area contributed by atoms with Crippen molar-refractivity contribution in [3.8, 4) is 0 Å². The quantitative estimate of drug-likeness (QED) is 0.755. The predicted molar refractivity (Wildman–Crippen MR) is 79.7 cm³/mol. The van der Waals surface area contributed by atoms with Gasteiger partial charge in [-0.25, -0.2) is 9.59 Å². The van der Waals surface area contributed by atoms with E-state index in [2.05, 4.69) is 14.9 Å². The molecule has 0 amide bonds. The van der Waals surface area contributed by atoms with Crippen LogP contribution in [0.3, 0.4) is 0 Å². The normalized spacial score (nSPS) is 10.6. The Morgan fingerprint density at radius 1 is 1.17 bits per heavy atom. The van der Waals surface area contributed by atoms with Gasteiger partial charge < -0.3 is 14.0 Å². The molecule has 7 heteroatoms. The molecule has 0 atom stereocenters. The number of methoxy groups -OCH3 is 1. The number of benzene rings is 1. The maximum Gasteiger partial charge on any atom is 0.339 e. The van der Waals surface area contributed by atoms with E-state index in [0.717, 1.165) is 0 Å². The lowest BCUT2D eigenvalue weighted by atomic mass is 10.1. The molecule has 0 aliphatic heterocycles. The maximum absolute atomic E-state index is 12.1. The zero-order chi connectivity index (χ0) is 16.8. The summed E-state index contributed by atoms with van der Waals surface area (Å²) in [6.07, 6.45) is 0.683. The Hall–Kier alpha value is -2.70. The number of hydrogen-bond acceptors (Lipinski definition) is 7. The molecular formula is C16H18N2O5. The minimum Gasteiger partial charge on any atom is -0.465 e. The molecular weight excluding hydrogens is 300 g/mol. The predicted octanol–water partition coefficient (Wildman–Crippen LogP) is 2.41. The first-order valence-corrected chi connectivity index (χ1v) is 7.17. The van der Waals surface area contributed by atoms with Gasteiger partial charge in [0, 0.05) is 6.42 Å². The second-order valence-electron chi connectivity index (χ2n) is 5.32.